The average molecular weight is 1440 g/mol. The SMILES string of the molecule is CCC(CC(=O)OCCC(F)(F)F)OC(=O)C(C)(C)CC.Cc1ccc([S+](c2ccccc2)c2ccccc2)cc1.Cc1ccc([S+](c2ccccc2)c2ccccc2)cc1.O=C(CS(=O)(=O)[O-])OC1C2CC3COC1C3O2.O=C(CS(=O)(=O)[O-])OC1C2CC3OOC1C3C2.O=S. The van der Waals surface area contributed by atoms with E-state index in [1.807, 2.05) is 6.92 Å². The van der Waals surface area contributed by atoms with E-state index < -0.39 is 98.6 Å². The molecule has 2 aliphatic carbocycles. The van der Waals surface area contributed by atoms with E-state index in [2.05, 4.69) is 201 Å². The van der Waals surface area contributed by atoms with Crippen LogP contribution in [-0.2, 0) is 112 Å². The highest BCUT2D eigenvalue weighted by molar-refractivity contribution is 7.97. The molecular weight excluding hydrogens is 1360 g/mol. The summed E-state index contributed by atoms with van der Waals surface area (Å²) in [5.41, 5.74) is 1.95. The van der Waals surface area contributed by atoms with E-state index in [9.17, 15) is 58.3 Å². The third-order valence-electron chi connectivity index (χ3n) is 16.7. The Kier molecular flexibility index (Phi) is 28.8. The van der Waals surface area contributed by atoms with Gasteiger partial charge in [-0.1, -0.05) is 122 Å². The monoisotopic (exact) mass is 1440 g/mol. The zero-order valence-electron chi connectivity index (χ0n) is 54.2. The molecule has 0 aromatic heterocycles. The smallest absolute Gasteiger partial charge is 0.392 e. The number of ether oxygens (including phenoxy) is 6. The molecule has 4 saturated heterocycles. The number of rotatable bonds is 20. The zero-order valence-corrected chi connectivity index (χ0v) is 58.3. The molecule has 4 aliphatic heterocycles. The van der Waals surface area contributed by atoms with Gasteiger partial charge in [0.1, 0.15) is 56.2 Å². The second-order valence-electron chi connectivity index (χ2n) is 24.3. The summed E-state index contributed by atoms with van der Waals surface area (Å²) in [4.78, 5) is 64.1. The van der Waals surface area contributed by atoms with Crippen molar-refractivity contribution in [3.8, 4) is 0 Å². The lowest BCUT2D eigenvalue weighted by Crippen LogP contribution is -2.41. The fourth-order valence-electron chi connectivity index (χ4n) is 11.5. The lowest BCUT2D eigenvalue weighted by atomic mass is 9.88. The minimum atomic E-state index is -4.60. The Morgan fingerprint density at radius 3 is 1.40 bits per heavy atom. The van der Waals surface area contributed by atoms with Crippen molar-refractivity contribution in [2.45, 2.75) is 171 Å². The topological polar surface area (TPSA) is 274 Å². The summed E-state index contributed by atoms with van der Waals surface area (Å²) in [6.07, 6.45) is -5.00. The van der Waals surface area contributed by atoms with Gasteiger partial charge in [0.2, 0.25) is 0 Å². The van der Waals surface area contributed by atoms with Crippen LogP contribution < -0.4 is 0 Å². The predicted octanol–water partition coefficient (Wildman–Crippen LogP) is 11.3. The van der Waals surface area contributed by atoms with E-state index >= 15 is 0 Å². The van der Waals surface area contributed by atoms with Gasteiger partial charge in [-0.15, -0.1) is 0 Å². The molecule has 6 aliphatic rings. The third kappa shape index (κ3) is 23.2. The van der Waals surface area contributed by atoms with Gasteiger partial charge in [0, 0.05) is 17.8 Å². The maximum absolute atomic E-state index is 11.9. The van der Waals surface area contributed by atoms with Crippen LogP contribution in [0.4, 0.5) is 13.2 Å². The van der Waals surface area contributed by atoms with E-state index in [-0.39, 0.29) is 70.6 Å². The van der Waals surface area contributed by atoms with Gasteiger partial charge in [-0.2, -0.15) is 17.4 Å². The molecule has 6 aromatic carbocycles. The Bertz CT molecular complexity index is 3420. The van der Waals surface area contributed by atoms with Crippen LogP contribution in [0.25, 0.3) is 0 Å². The van der Waals surface area contributed by atoms with Crippen molar-refractivity contribution in [2.24, 2.45) is 23.2 Å². The van der Waals surface area contributed by atoms with Gasteiger partial charge >= 0.3 is 30.1 Å². The summed E-state index contributed by atoms with van der Waals surface area (Å²) in [7, 11) is -9.23. The summed E-state index contributed by atoms with van der Waals surface area (Å²) in [5, 5.41) is 0. The molecule has 11 unspecified atom stereocenters. The Morgan fingerprint density at radius 2 is 0.990 bits per heavy atom. The second kappa shape index (κ2) is 35.9. The molecule has 6 aromatic rings. The minimum absolute atomic E-state index is 0.0229. The number of hydrogen-bond donors (Lipinski definition) is 0. The van der Waals surface area contributed by atoms with Crippen molar-refractivity contribution in [1.29, 1.82) is 0 Å². The average Bonchev–Trinajstić information content (AvgIpc) is 1.59. The van der Waals surface area contributed by atoms with Gasteiger partial charge in [-0.3, -0.25) is 19.2 Å². The normalized spacial score (nSPS) is 22.5. The summed E-state index contributed by atoms with van der Waals surface area (Å²) < 4.78 is 137. The molecule has 4 bridgehead atoms. The van der Waals surface area contributed by atoms with E-state index in [1.165, 1.54) is 40.5 Å². The first-order valence-corrected chi connectivity index (χ1v) is 37.3. The standard InChI is InChI=1S/2C19H17S.C14H23F3O4.2C9H12O7S.OS/c2*1-16-12-14-19(15-13-16)20(17-8-4-2-5-9-17)18-10-6-3-7-11-18;1-5-10(21-12(19)13(3,4)6-2)9-11(18)20-8-7-14(15,16)17;10-6(3-17(11,12)13)16-8-5-1-4-2-14-9(8)7(4)15-5;10-7(3-17(11,12)13)14-8-4-1-5-6(2-4)15-16-9(5)8;1-2/h2*2-15H,1H3;10H,5-9H2,1-4H3;4-5,7-9H,1-3H2,(H,11,12,13);4-6,8-9H,1-3H2,(H,11,12,13);/q2*+1;;;;/p-2. The van der Waals surface area contributed by atoms with Crippen LogP contribution in [0.15, 0.2) is 199 Å². The molecule has 19 nitrogen and oxygen atoms in total. The van der Waals surface area contributed by atoms with Crippen molar-refractivity contribution in [2.75, 3.05) is 24.7 Å². The fourth-order valence-corrected chi connectivity index (χ4v) is 16.4. The summed E-state index contributed by atoms with van der Waals surface area (Å²) in [6.45, 7) is 11.1. The van der Waals surface area contributed by atoms with Crippen LogP contribution in [0.1, 0.15) is 83.8 Å². The lowest BCUT2D eigenvalue weighted by molar-refractivity contribution is -0.298. The number of benzene rings is 6. The maximum atomic E-state index is 11.9. The first kappa shape index (κ1) is 77.7. The molecule has 0 amide bonds. The molecule has 0 N–H and O–H groups in total. The van der Waals surface area contributed by atoms with Crippen molar-refractivity contribution in [3.63, 3.8) is 0 Å². The van der Waals surface area contributed by atoms with Gasteiger partial charge in [0.25, 0.3) is 0 Å². The highest BCUT2D eigenvalue weighted by Gasteiger charge is 2.62. The summed E-state index contributed by atoms with van der Waals surface area (Å²) in [5.74, 6) is -4.82. The van der Waals surface area contributed by atoms with E-state index in [1.54, 1.807) is 20.8 Å². The van der Waals surface area contributed by atoms with Crippen molar-refractivity contribution >= 4 is 78.4 Å². The molecule has 27 heteroatoms. The van der Waals surface area contributed by atoms with Gasteiger partial charge in [-0.05, 0) is 133 Å². The van der Waals surface area contributed by atoms with E-state index in [0.29, 0.717) is 25.4 Å². The molecule has 6 fully saturated rings. The molecule has 4 heterocycles. The molecule has 2 saturated carbocycles. The molecule has 97 heavy (non-hydrogen) atoms. The van der Waals surface area contributed by atoms with Crippen LogP contribution in [0.2, 0.25) is 0 Å². The largest absolute Gasteiger partial charge is 0.748 e. The Labute approximate surface area is 575 Å². The van der Waals surface area contributed by atoms with E-state index in [4.69, 9.17) is 37.7 Å². The van der Waals surface area contributed by atoms with Crippen LogP contribution in [0.5, 0.6) is 0 Å². The molecule has 12 rings (SSSR count). The molecular formula is C70H79F3O19S5. The quantitative estimate of drug-likeness (QED) is 0.0226. The molecule has 524 valence electrons. The minimum Gasteiger partial charge on any atom is -0.748 e. The molecule has 0 radical (unpaired) electrons. The van der Waals surface area contributed by atoms with E-state index in [0.717, 1.165) is 19.3 Å². The van der Waals surface area contributed by atoms with Crippen LogP contribution in [0.3, 0.4) is 0 Å². The first-order valence-electron chi connectivity index (χ1n) is 31.4. The lowest BCUT2D eigenvalue weighted by Gasteiger charge is -2.24. The maximum Gasteiger partial charge on any atom is 0.392 e. The highest BCUT2D eigenvalue weighted by Crippen LogP contribution is 2.53. The van der Waals surface area contributed by atoms with Crippen LogP contribution >= 0.6 is 0 Å². The van der Waals surface area contributed by atoms with Gasteiger partial charge < -0.3 is 37.5 Å². The third-order valence-corrected chi connectivity index (χ3v) is 22.3. The first-order chi connectivity index (χ1) is 46.1. The zero-order chi connectivity index (χ0) is 70.7. The predicted molar refractivity (Wildman–Crippen MR) is 352 cm³/mol. The number of hydrogen-bond acceptors (Lipinski definition) is 20. The van der Waals surface area contributed by atoms with Gasteiger partial charge in [0.05, 0.1) is 71.6 Å². The fraction of sp³-hybridized carbons (Fsp3) is 0.429. The number of carbonyl (C=O) groups is 4. The van der Waals surface area contributed by atoms with Crippen molar-refractivity contribution < 1.29 is 101 Å². The van der Waals surface area contributed by atoms with Crippen LogP contribution in [0, 0.1) is 37.0 Å². The van der Waals surface area contributed by atoms with Crippen molar-refractivity contribution in [1.82, 2.24) is 0 Å². The summed E-state index contributed by atoms with van der Waals surface area (Å²) >= 11 is 2.83. The number of halogens is 3. The molecule has 0 spiro atoms. The Balaban J connectivity index is 0.000000170. The van der Waals surface area contributed by atoms with Gasteiger partial charge in [-0.25, -0.2) is 26.6 Å². The summed E-state index contributed by atoms with van der Waals surface area (Å²) in [6, 6.07) is 60.8. The number of aryl methyl sites for hydroxylation is 2. The van der Waals surface area contributed by atoms with Crippen LogP contribution in [-0.4, -0.2) is 134 Å². The highest BCUT2D eigenvalue weighted by atomic mass is 32.2. The Morgan fingerprint density at radius 1 is 0.567 bits per heavy atom. The second-order valence-corrected chi connectivity index (χ2v) is 31.2. The number of esters is 4. The van der Waals surface area contributed by atoms with Gasteiger partial charge in [0.15, 0.2) is 48.0 Å². The number of fused-ring (bicyclic) bond motifs is 2. The number of carbonyl (C=O) groups excluding carboxylic acids is 4. The van der Waals surface area contributed by atoms with Crippen molar-refractivity contribution in [3.05, 3.63) is 181 Å². The molecule has 11 atom stereocenters. The Hall–Kier alpha value is -6.63. The number of alkyl halides is 3.